The molecule has 0 radical (unpaired) electrons. The average molecular weight is 298 g/mol. The maximum Gasteiger partial charge on any atom is 0.410 e. The van der Waals surface area contributed by atoms with E-state index in [1.165, 1.54) is 4.90 Å². The molecule has 0 aromatic carbocycles. The third kappa shape index (κ3) is 3.11. The van der Waals surface area contributed by atoms with Gasteiger partial charge in [0, 0.05) is 26.1 Å². The largest absolute Gasteiger partial charge is 0.481 e. The minimum atomic E-state index is -0.947. The monoisotopic (exact) mass is 298 g/mol. The number of ether oxygens (including phenoxy) is 1. The highest BCUT2D eigenvalue weighted by Crippen LogP contribution is 2.34. The van der Waals surface area contributed by atoms with Gasteiger partial charge in [0.2, 0.25) is 5.91 Å². The van der Waals surface area contributed by atoms with Crippen molar-refractivity contribution in [2.24, 2.45) is 5.92 Å². The van der Waals surface area contributed by atoms with Gasteiger partial charge in [0.1, 0.15) is 5.60 Å². The first-order chi connectivity index (χ1) is 9.52. The SMILES string of the molecule is CC(C)(C)OC(=O)N1CC(C)(N2CC(C(=O)O)CC2=O)C1. The molecular formula is C14H22N2O5. The van der Waals surface area contributed by atoms with E-state index in [4.69, 9.17) is 9.84 Å². The lowest BCUT2D eigenvalue weighted by Crippen LogP contribution is -2.70. The Balaban J connectivity index is 1.94. The van der Waals surface area contributed by atoms with Crippen LogP contribution in [0.3, 0.4) is 0 Å². The molecule has 2 amide bonds. The number of hydrogen-bond acceptors (Lipinski definition) is 4. The molecule has 2 saturated heterocycles. The summed E-state index contributed by atoms with van der Waals surface area (Å²) >= 11 is 0. The van der Waals surface area contributed by atoms with Gasteiger partial charge < -0.3 is 19.6 Å². The number of nitrogens with zero attached hydrogens (tertiary/aromatic N) is 2. The molecule has 2 aliphatic rings. The van der Waals surface area contributed by atoms with E-state index in [1.54, 1.807) is 25.7 Å². The lowest BCUT2D eigenvalue weighted by atomic mass is 9.90. The summed E-state index contributed by atoms with van der Waals surface area (Å²) in [7, 11) is 0. The lowest BCUT2D eigenvalue weighted by molar-refractivity contribution is -0.141. The molecular weight excluding hydrogens is 276 g/mol. The van der Waals surface area contributed by atoms with E-state index >= 15 is 0 Å². The fraction of sp³-hybridized carbons (Fsp3) is 0.786. The smallest absolute Gasteiger partial charge is 0.410 e. The molecule has 0 spiro atoms. The van der Waals surface area contributed by atoms with Crippen LogP contribution in [0.4, 0.5) is 4.79 Å². The third-order valence-electron chi connectivity index (χ3n) is 3.84. The zero-order valence-corrected chi connectivity index (χ0v) is 12.9. The average Bonchev–Trinajstić information content (AvgIpc) is 2.65. The first-order valence-electron chi connectivity index (χ1n) is 7.03. The van der Waals surface area contributed by atoms with E-state index in [2.05, 4.69) is 0 Å². The predicted octanol–water partition coefficient (Wildman–Crippen LogP) is 0.929. The third-order valence-corrected chi connectivity index (χ3v) is 3.84. The molecule has 1 unspecified atom stereocenters. The van der Waals surface area contributed by atoms with Crippen LogP contribution in [0.2, 0.25) is 0 Å². The number of likely N-dealkylation sites (tertiary alicyclic amines) is 2. The van der Waals surface area contributed by atoms with Crippen molar-refractivity contribution in [2.75, 3.05) is 19.6 Å². The molecule has 7 nitrogen and oxygen atoms in total. The molecule has 1 N–H and O–H groups in total. The molecule has 118 valence electrons. The summed E-state index contributed by atoms with van der Waals surface area (Å²) < 4.78 is 5.27. The topological polar surface area (TPSA) is 87.2 Å². The van der Waals surface area contributed by atoms with Gasteiger partial charge >= 0.3 is 12.1 Å². The molecule has 0 aromatic heterocycles. The molecule has 2 aliphatic heterocycles. The summed E-state index contributed by atoms with van der Waals surface area (Å²) in [5.41, 5.74) is -1.04. The van der Waals surface area contributed by atoms with Crippen molar-refractivity contribution in [3.8, 4) is 0 Å². The van der Waals surface area contributed by atoms with E-state index in [1.807, 2.05) is 6.92 Å². The van der Waals surface area contributed by atoms with Gasteiger partial charge in [-0.05, 0) is 27.7 Å². The molecule has 0 bridgehead atoms. The van der Waals surface area contributed by atoms with E-state index in [0.29, 0.717) is 13.1 Å². The number of amides is 2. The summed E-state index contributed by atoms with van der Waals surface area (Å²) in [5, 5.41) is 9.01. The number of carbonyl (C=O) groups is 3. The van der Waals surface area contributed by atoms with Crippen LogP contribution in [0.5, 0.6) is 0 Å². The second kappa shape index (κ2) is 4.89. The highest BCUT2D eigenvalue weighted by atomic mass is 16.6. The number of carboxylic acid groups (broad SMARTS) is 1. The number of carbonyl (C=O) groups excluding carboxylic acids is 2. The van der Waals surface area contributed by atoms with Crippen LogP contribution in [-0.2, 0) is 14.3 Å². The van der Waals surface area contributed by atoms with Gasteiger partial charge in [-0.25, -0.2) is 4.79 Å². The van der Waals surface area contributed by atoms with Crippen LogP contribution in [-0.4, -0.2) is 63.7 Å². The van der Waals surface area contributed by atoms with Crippen molar-refractivity contribution in [1.82, 2.24) is 9.80 Å². The predicted molar refractivity (Wildman–Crippen MR) is 73.7 cm³/mol. The fourth-order valence-corrected chi connectivity index (χ4v) is 2.80. The van der Waals surface area contributed by atoms with Crippen molar-refractivity contribution in [3.05, 3.63) is 0 Å². The fourth-order valence-electron chi connectivity index (χ4n) is 2.80. The Kier molecular flexibility index (Phi) is 3.63. The number of aliphatic carboxylic acids is 1. The van der Waals surface area contributed by atoms with Crippen molar-refractivity contribution in [2.45, 2.75) is 45.3 Å². The van der Waals surface area contributed by atoms with E-state index in [9.17, 15) is 14.4 Å². The highest BCUT2D eigenvalue weighted by Gasteiger charge is 2.52. The van der Waals surface area contributed by atoms with Gasteiger partial charge in [-0.2, -0.15) is 0 Å². The Labute approximate surface area is 123 Å². The minimum Gasteiger partial charge on any atom is -0.481 e. The molecule has 7 heteroatoms. The molecule has 2 fully saturated rings. The van der Waals surface area contributed by atoms with Gasteiger partial charge in [0.05, 0.1) is 11.5 Å². The van der Waals surface area contributed by atoms with E-state index in [0.717, 1.165) is 0 Å². The zero-order chi connectivity index (χ0) is 16.0. The molecule has 2 rings (SSSR count). The van der Waals surface area contributed by atoms with Crippen molar-refractivity contribution in [1.29, 1.82) is 0 Å². The molecule has 1 atom stereocenters. The van der Waals surface area contributed by atoms with Crippen molar-refractivity contribution >= 4 is 18.0 Å². The number of hydrogen-bond donors (Lipinski definition) is 1. The summed E-state index contributed by atoms with van der Waals surface area (Å²) in [6, 6.07) is 0. The summed E-state index contributed by atoms with van der Waals surface area (Å²) in [4.78, 5) is 38.0. The van der Waals surface area contributed by atoms with Crippen LogP contribution in [0.1, 0.15) is 34.1 Å². The number of rotatable bonds is 2. The molecule has 0 aromatic rings. The molecule has 2 heterocycles. The van der Waals surface area contributed by atoms with Gasteiger partial charge in [0.15, 0.2) is 0 Å². The summed E-state index contributed by atoms with van der Waals surface area (Å²) in [6.07, 6.45) is -0.362. The zero-order valence-electron chi connectivity index (χ0n) is 12.9. The number of carboxylic acids is 1. The normalized spacial score (nSPS) is 24.8. The second-order valence-corrected chi connectivity index (χ2v) is 7.08. The summed E-state index contributed by atoms with van der Waals surface area (Å²) in [5.74, 6) is -1.75. The summed E-state index contributed by atoms with van der Waals surface area (Å²) in [6.45, 7) is 8.23. The molecule has 21 heavy (non-hydrogen) atoms. The van der Waals surface area contributed by atoms with E-state index < -0.39 is 29.1 Å². The highest BCUT2D eigenvalue weighted by molar-refractivity contribution is 5.87. The maximum atomic E-state index is 12.0. The van der Waals surface area contributed by atoms with Crippen LogP contribution in [0.25, 0.3) is 0 Å². The van der Waals surface area contributed by atoms with Crippen LogP contribution < -0.4 is 0 Å². The van der Waals surface area contributed by atoms with Crippen LogP contribution in [0, 0.1) is 5.92 Å². The van der Waals surface area contributed by atoms with Crippen molar-refractivity contribution < 1.29 is 24.2 Å². The van der Waals surface area contributed by atoms with Gasteiger partial charge in [-0.1, -0.05) is 0 Å². The quantitative estimate of drug-likeness (QED) is 0.819. The first kappa shape index (κ1) is 15.6. The maximum absolute atomic E-state index is 12.0. The van der Waals surface area contributed by atoms with Crippen LogP contribution in [0.15, 0.2) is 0 Å². The Morgan fingerprint density at radius 1 is 1.33 bits per heavy atom. The van der Waals surface area contributed by atoms with E-state index in [-0.39, 0.29) is 18.9 Å². The standard InChI is InChI=1S/C14H22N2O5/c1-13(2,3)21-12(20)15-7-14(4,8-15)16-6-9(11(18)19)5-10(16)17/h9H,5-8H2,1-4H3,(H,18,19). The van der Waals surface area contributed by atoms with Crippen molar-refractivity contribution in [3.63, 3.8) is 0 Å². The van der Waals surface area contributed by atoms with Gasteiger partial charge in [-0.3, -0.25) is 9.59 Å². The van der Waals surface area contributed by atoms with Gasteiger partial charge in [-0.15, -0.1) is 0 Å². The Hall–Kier alpha value is -1.79. The Morgan fingerprint density at radius 3 is 2.33 bits per heavy atom. The van der Waals surface area contributed by atoms with Gasteiger partial charge in [0.25, 0.3) is 0 Å². The minimum absolute atomic E-state index is 0.0390. The molecule has 0 saturated carbocycles. The lowest BCUT2D eigenvalue weighted by Gasteiger charge is -2.52. The Bertz CT molecular complexity index is 476. The van der Waals surface area contributed by atoms with Crippen LogP contribution >= 0.6 is 0 Å². The second-order valence-electron chi connectivity index (χ2n) is 7.08. The Morgan fingerprint density at radius 2 is 1.90 bits per heavy atom. The first-order valence-corrected chi connectivity index (χ1v) is 7.03. The molecule has 0 aliphatic carbocycles.